The molecular formula is C13H11N2O-. The van der Waals surface area contributed by atoms with Crippen LogP contribution in [0.2, 0.25) is 0 Å². The topological polar surface area (TPSA) is 47.5 Å². The number of nitrogens with zero attached hydrogens (tertiary/aromatic N) is 1. The molecule has 2 rings (SSSR count). The Hall–Kier alpha value is -2.29. The van der Waals surface area contributed by atoms with Crippen molar-refractivity contribution in [3.05, 3.63) is 60.2 Å². The number of anilines is 1. The molecule has 2 aromatic rings. The standard InChI is InChI=1S/C13H12N2O/c16-13-9-5-4-6-11(13)10-14-15-12-7-2-1-3-8-12/h1-10,15-16H/p-1/b14-10-. The van der Waals surface area contributed by atoms with Crippen molar-refractivity contribution in [1.29, 1.82) is 0 Å². The number of hydrogen-bond donors (Lipinski definition) is 1. The molecular weight excluding hydrogens is 200 g/mol. The lowest BCUT2D eigenvalue weighted by Crippen LogP contribution is -1.96. The highest BCUT2D eigenvalue weighted by Gasteiger charge is 1.88. The van der Waals surface area contributed by atoms with Gasteiger partial charge in [-0.3, -0.25) is 5.43 Å². The maximum atomic E-state index is 11.3. The number of hydrogen-bond acceptors (Lipinski definition) is 3. The van der Waals surface area contributed by atoms with Gasteiger partial charge in [0.15, 0.2) is 0 Å². The number of para-hydroxylation sites is 2. The summed E-state index contributed by atoms with van der Waals surface area (Å²) in [5.41, 5.74) is 4.32. The van der Waals surface area contributed by atoms with E-state index >= 15 is 0 Å². The van der Waals surface area contributed by atoms with Crippen molar-refractivity contribution >= 4 is 11.9 Å². The molecule has 1 N–H and O–H groups in total. The van der Waals surface area contributed by atoms with Gasteiger partial charge < -0.3 is 5.11 Å². The van der Waals surface area contributed by atoms with Crippen LogP contribution in [0.25, 0.3) is 0 Å². The van der Waals surface area contributed by atoms with E-state index in [0.29, 0.717) is 5.56 Å². The molecule has 80 valence electrons. The number of nitrogens with one attached hydrogen (secondary N) is 1. The van der Waals surface area contributed by atoms with Gasteiger partial charge in [-0.1, -0.05) is 48.2 Å². The summed E-state index contributed by atoms with van der Waals surface area (Å²) in [6, 6.07) is 16.3. The van der Waals surface area contributed by atoms with Crippen LogP contribution < -0.4 is 10.5 Å². The Morgan fingerprint density at radius 1 is 0.938 bits per heavy atom. The van der Waals surface area contributed by atoms with Gasteiger partial charge in [-0.05, 0) is 17.7 Å². The summed E-state index contributed by atoms with van der Waals surface area (Å²) < 4.78 is 0. The van der Waals surface area contributed by atoms with E-state index in [-0.39, 0.29) is 5.75 Å². The lowest BCUT2D eigenvalue weighted by atomic mass is 10.2. The third-order valence-electron chi connectivity index (χ3n) is 2.09. The Kier molecular flexibility index (Phi) is 3.18. The molecule has 0 radical (unpaired) electrons. The number of benzene rings is 2. The maximum Gasteiger partial charge on any atom is 0.0561 e. The van der Waals surface area contributed by atoms with Crippen LogP contribution >= 0.6 is 0 Å². The first-order chi connectivity index (χ1) is 7.86. The van der Waals surface area contributed by atoms with E-state index < -0.39 is 0 Å². The molecule has 16 heavy (non-hydrogen) atoms. The van der Waals surface area contributed by atoms with Crippen molar-refractivity contribution in [2.75, 3.05) is 5.43 Å². The Morgan fingerprint density at radius 2 is 1.62 bits per heavy atom. The fraction of sp³-hybridized carbons (Fsp3) is 0. The van der Waals surface area contributed by atoms with E-state index in [1.807, 2.05) is 36.4 Å². The second-order valence-corrected chi connectivity index (χ2v) is 3.27. The fourth-order valence-corrected chi connectivity index (χ4v) is 1.28. The molecule has 0 saturated heterocycles. The van der Waals surface area contributed by atoms with E-state index in [1.165, 1.54) is 12.3 Å². The van der Waals surface area contributed by atoms with Crippen molar-refractivity contribution in [2.24, 2.45) is 5.10 Å². The number of hydrazone groups is 1. The Balaban J connectivity index is 2.03. The SMILES string of the molecule is [O-]c1ccccc1/C=N\Nc1ccccc1. The average molecular weight is 211 g/mol. The molecule has 0 aromatic heterocycles. The van der Waals surface area contributed by atoms with Gasteiger partial charge in [0.05, 0.1) is 11.9 Å². The summed E-state index contributed by atoms with van der Waals surface area (Å²) >= 11 is 0. The fourth-order valence-electron chi connectivity index (χ4n) is 1.28. The van der Waals surface area contributed by atoms with Crippen LogP contribution in [0, 0.1) is 0 Å². The lowest BCUT2D eigenvalue weighted by Gasteiger charge is -2.07. The van der Waals surface area contributed by atoms with Crippen LogP contribution in [0.3, 0.4) is 0 Å². The predicted molar refractivity (Wildman–Crippen MR) is 63.5 cm³/mol. The Morgan fingerprint density at radius 3 is 2.38 bits per heavy atom. The monoisotopic (exact) mass is 211 g/mol. The van der Waals surface area contributed by atoms with Gasteiger partial charge in [0.25, 0.3) is 0 Å². The van der Waals surface area contributed by atoms with Crippen LogP contribution in [0.4, 0.5) is 5.69 Å². The van der Waals surface area contributed by atoms with Crippen molar-refractivity contribution in [3.8, 4) is 5.75 Å². The zero-order valence-corrected chi connectivity index (χ0v) is 8.63. The average Bonchev–Trinajstić information content (AvgIpc) is 2.33. The van der Waals surface area contributed by atoms with Crippen LogP contribution in [-0.2, 0) is 0 Å². The minimum atomic E-state index is -0.0267. The third-order valence-corrected chi connectivity index (χ3v) is 2.09. The first kappa shape index (κ1) is 10.2. The van der Waals surface area contributed by atoms with E-state index in [9.17, 15) is 5.11 Å². The highest BCUT2D eigenvalue weighted by Crippen LogP contribution is 2.09. The molecule has 0 aliphatic rings. The van der Waals surface area contributed by atoms with Gasteiger partial charge in [-0.2, -0.15) is 5.10 Å². The van der Waals surface area contributed by atoms with E-state index in [2.05, 4.69) is 10.5 Å². The van der Waals surface area contributed by atoms with Crippen molar-refractivity contribution in [1.82, 2.24) is 0 Å². The third kappa shape index (κ3) is 2.60. The van der Waals surface area contributed by atoms with Gasteiger partial charge in [0.2, 0.25) is 0 Å². The van der Waals surface area contributed by atoms with Crippen LogP contribution in [-0.4, -0.2) is 6.21 Å². The lowest BCUT2D eigenvalue weighted by molar-refractivity contribution is -0.268. The van der Waals surface area contributed by atoms with Crippen molar-refractivity contribution < 1.29 is 5.11 Å². The Labute approximate surface area is 94.1 Å². The maximum absolute atomic E-state index is 11.3. The molecule has 0 unspecified atom stereocenters. The minimum Gasteiger partial charge on any atom is -0.872 e. The largest absolute Gasteiger partial charge is 0.872 e. The molecule has 0 spiro atoms. The molecule has 0 aliphatic heterocycles. The van der Waals surface area contributed by atoms with Crippen molar-refractivity contribution in [2.45, 2.75) is 0 Å². The summed E-state index contributed by atoms with van der Waals surface area (Å²) in [5, 5.41) is 15.3. The van der Waals surface area contributed by atoms with Gasteiger partial charge in [0.1, 0.15) is 0 Å². The van der Waals surface area contributed by atoms with Gasteiger partial charge in [-0.15, -0.1) is 0 Å². The second-order valence-electron chi connectivity index (χ2n) is 3.27. The number of rotatable bonds is 3. The van der Waals surface area contributed by atoms with Gasteiger partial charge in [0, 0.05) is 0 Å². The second kappa shape index (κ2) is 4.98. The normalized spacial score (nSPS) is 10.5. The van der Waals surface area contributed by atoms with Crippen LogP contribution in [0.5, 0.6) is 5.75 Å². The summed E-state index contributed by atoms with van der Waals surface area (Å²) in [5.74, 6) is -0.0267. The molecule has 3 nitrogen and oxygen atoms in total. The van der Waals surface area contributed by atoms with Crippen LogP contribution in [0.15, 0.2) is 59.7 Å². The van der Waals surface area contributed by atoms with Gasteiger partial charge >= 0.3 is 0 Å². The van der Waals surface area contributed by atoms with Crippen LogP contribution in [0.1, 0.15) is 5.56 Å². The summed E-state index contributed by atoms with van der Waals surface area (Å²) in [6.45, 7) is 0. The first-order valence-corrected chi connectivity index (χ1v) is 4.96. The molecule has 0 saturated carbocycles. The minimum absolute atomic E-state index is 0.0267. The zero-order valence-electron chi connectivity index (χ0n) is 8.63. The smallest absolute Gasteiger partial charge is 0.0561 e. The highest BCUT2D eigenvalue weighted by molar-refractivity contribution is 5.83. The summed E-state index contributed by atoms with van der Waals surface area (Å²) in [4.78, 5) is 0. The van der Waals surface area contributed by atoms with E-state index in [4.69, 9.17) is 0 Å². The molecule has 0 atom stereocenters. The summed E-state index contributed by atoms with van der Waals surface area (Å²) in [7, 11) is 0. The zero-order chi connectivity index (χ0) is 11.2. The quantitative estimate of drug-likeness (QED) is 0.625. The molecule has 0 bridgehead atoms. The molecule has 0 aliphatic carbocycles. The summed E-state index contributed by atoms with van der Waals surface area (Å²) in [6.07, 6.45) is 1.52. The van der Waals surface area contributed by atoms with Crippen molar-refractivity contribution in [3.63, 3.8) is 0 Å². The Bertz CT molecular complexity index is 480. The first-order valence-electron chi connectivity index (χ1n) is 4.96. The molecule has 0 heterocycles. The highest BCUT2D eigenvalue weighted by atomic mass is 16.3. The molecule has 0 fully saturated rings. The molecule has 3 heteroatoms. The van der Waals surface area contributed by atoms with E-state index in [0.717, 1.165) is 5.69 Å². The molecule has 2 aromatic carbocycles. The molecule has 0 amide bonds. The predicted octanol–water partition coefficient (Wildman–Crippen LogP) is 2.21. The van der Waals surface area contributed by atoms with Gasteiger partial charge in [-0.25, -0.2) is 0 Å². The van der Waals surface area contributed by atoms with E-state index in [1.54, 1.807) is 12.1 Å².